The molecule has 0 saturated heterocycles. The van der Waals surface area contributed by atoms with Crippen LogP contribution in [0.5, 0.6) is 5.75 Å². The van der Waals surface area contributed by atoms with Crippen LogP contribution in [0, 0.1) is 12.8 Å². The lowest BCUT2D eigenvalue weighted by atomic mass is 9.74. The van der Waals surface area contributed by atoms with Crippen LogP contribution in [0.4, 0.5) is 0 Å². The molecule has 124 valence electrons. The molecule has 5 heteroatoms. The van der Waals surface area contributed by atoms with Crippen LogP contribution in [-0.2, 0) is 4.79 Å². The van der Waals surface area contributed by atoms with Gasteiger partial charge in [0.2, 0.25) is 5.91 Å². The van der Waals surface area contributed by atoms with Crippen LogP contribution in [-0.4, -0.2) is 24.6 Å². The molecule has 4 nitrogen and oxygen atoms in total. The lowest BCUT2D eigenvalue weighted by Gasteiger charge is -2.37. The van der Waals surface area contributed by atoms with Gasteiger partial charge in [-0.3, -0.25) is 4.79 Å². The fourth-order valence-corrected chi connectivity index (χ4v) is 2.97. The van der Waals surface area contributed by atoms with Gasteiger partial charge < -0.3 is 15.8 Å². The van der Waals surface area contributed by atoms with Crippen molar-refractivity contribution in [2.45, 2.75) is 45.1 Å². The second-order valence-electron chi connectivity index (χ2n) is 6.21. The summed E-state index contributed by atoms with van der Waals surface area (Å²) in [6.07, 6.45) is 4.01. The lowest BCUT2D eigenvalue weighted by Crippen LogP contribution is -2.53. The third-order valence-corrected chi connectivity index (χ3v) is 4.32. The van der Waals surface area contributed by atoms with Crippen LogP contribution in [0.3, 0.4) is 0 Å². The van der Waals surface area contributed by atoms with Crippen molar-refractivity contribution < 1.29 is 9.53 Å². The number of benzene rings is 1. The normalized spacial score (nSPS) is 24.2. The number of halogens is 1. The Balaban J connectivity index is 0.00000242. The summed E-state index contributed by atoms with van der Waals surface area (Å²) < 4.78 is 5.68. The average Bonchev–Trinajstić information content (AvgIpc) is 2.44. The summed E-state index contributed by atoms with van der Waals surface area (Å²) in [5.41, 5.74) is 6.97. The number of hydrogen-bond donors (Lipinski definition) is 2. The number of carbonyl (C=O) groups excluding carboxylic acids is 1. The molecule has 0 radical (unpaired) electrons. The number of carbonyl (C=O) groups is 1. The first-order valence-corrected chi connectivity index (χ1v) is 7.76. The van der Waals surface area contributed by atoms with Gasteiger partial charge in [-0.05, 0) is 38.3 Å². The largest absolute Gasteiger partial charge is 0.491 e. The van der Waals surface area contributed by atoms with Gasteiger partial charge in [0.25, 0.3) is 0 Å². The van der Waals surface area contributed by atoms with Gasteiger partial charge in [-0.1, -0.05) is 31.0 Å². The van der Waals surface area contributed by atoms with Crippen molar-refractivity contribution >= 4 is 18.3 Å². The van der Waals surface area contributed by atoms with Gasteiger partial charge in [0.15, 0.2) is 0 Å². The van der Waals surface area contributed by atoms with Crippen LogP contribution in [0.15, 0.2) is 24.3 Å². The van der Waals surface area contributed by atoms with E-state index in [4.69, 9.17) is 10.5 Å². The predicted molar refractivity (Wildman–Crippen MR) is 91.5 cm³/mol. The monoisotopic (exact) mass is 326 g/mol. The minimum atomic E-state index is -0.376. The number of ether oxygens (including phenoxy) is 1. The van der Waals surface area contributed by atoms with Crippen molar-refractivity contribution in [2.75, 3.05) is 13.2 Å². The highest BCUT2D eigenvalue weighted by molar-refractivity contribution is 5.85. The zero-order valence-electron chi connectivity index (χ0n) is 13.4. The van der Waals surface area contributed by atoms with E-state index >= 15 is 0 Å². The highest BCUT2D eigenvalue weighted by Crippen LogP contribution is 2.31. The first-order chi connectivity index (χ1) is 10.0. The van der Waals surface area contributed by atoms with E-state index in [1.54, 1.807) is 0 Å². The molecule has 1 aromatic carbocycles. The molecule has 2 atom stereocenters. The summed E-state index contributed by atoms with van der Waals surface area (Å²) in [6, 6.07) is 7.88. The predicted octanol–water partition coefficient (Wildman–Crippen LogP) is 2.82. The van der Waals surface area contributed by atoms with Gasteiger partial charge in [0.05, 0.1) is 12.5 Å². The molecule has 1 aromatic rings. The molecule has 0 aromatic heterocycles. The molecule has 1 fully saturated rings. The van der Waals surface area contributed by atoms with E-state index < -0.39 is 0 Å². The zero-order chi connectivity index (χ0) is 15.3. The Hall–Kier alpha value is -1.26. The highest BCUT2D eigenvalue weighted by atomic mass is 35.5. The van der Waals surface area contributed by atoms with Crippen molar-refractivity contribution in [2.24, 2.45) is 11.7 Å². The minimum absolute atomic E-state index is 0. The quantitative estimate of drug-likeness (QED) is 0.818. The number of aryl methyl sites for hydroxylation is 1. The molecular formula is C17H27ClN2O2. The van der Waals surface area contributed by atoms with E-state index in [0.29, 0.717) is 13.2 Å². The Labute approximate surface area is 139 Å². The molecule has 2 rings (SSSR count). The smallest absolute Gasteiger partial charge is 0.225 e. The molecule has 1 aliphatic rings. The molecule has 0 bridgehead atoms. The van der Waals surface area contributed by atoms with Gasteiger partial charge >= 0.3 is 0 Å². The fourth-order valence-electron chi connectivity index (χ4n) is 2.97. The van der Waals surface area contributed by atoms with Gasteiger partial charge in [-0.15, -0.1) is 12.4 Å². The van der Waals surface area contributed by atoms with Gasteiger partial charge in [0, 0.05) is 5.54 Å². The van der Waals surface area contributed by atoms with Gasteiger partial charge in [0.1, 0.15) is 12.4 Å². The van der Waals surface area contributed by atoms with Crippen molar-refractivity contribution in [1.82, 2.24) is 5.32 Å². The number of hydrogen-bond acceptors (Lipinski definition) is 3. The van der Waals surface area contributed by atoms with E-state index in [-0.39, 0.29) is 29.8 Å². The number of para-hydroxylation sites is 1. The van der Waals surface area contributed by atoms with Crippen LogP contribution in [0.1, 0.15) is 38.2 Å². The van der Waals surface area contributed by atoms with Crippen LogP contribution >= 0.6 is 12.4 Å². The van der Waals surface area contributed by atoms with Crippen molar-refractivity contribution in [1.29, 1.82) is 0 Å². The highest BCUT2D eigenvalue weighted by Gasteiger charge is 2.37. The van der Waals surface area contributed by atoms with Gasteiger partial charge in [-0.25, -0.2) is 0 Å². The SMILES string of the molecule is Cc1ccccc1OCCNC(=O)C1CCCCC1(C)N.Cl. The molecule has 1 amide bonds. The van der Waals surface area contributed by atoms with E-state index in [0.717, 1.165) is 37.0 Å². The van der Waals surface area contributed by atoms with E-state index in [9.17, 15) is 4.79 Å². The van der Waals surface area contributed by atoms with Crippen LogP contribution in [0.2, 0.25) is 0 Å². The first-order valence-electron chi connectivity index (χ1n) is 7.76. The summed E-state index contributed by atoms with van der Waals surface area (Å²) in [5, 5.41) is 2.95. The van der Waals surface area contributed by atoms with Crippen molar-refractivity contribution in [3.8, 4) is 5.75 Å². The Morgan fingerprint density at radius 3 is 2.82 bits per heavy atom. The maximum atomic E-state index is 12.2. The standard InChI is InChI=1S/C17H26N2O2.ClH/c1-13-7-3-4-9-15(13)21-12-11-19-16(20)14-8-5-6-10-17(14,2)18;/h3-4,7,9,14H,5-6,8,10-12,18H2,1-2H3,(H,19,20);1H. The van der Waals surface area contributed by atoms with Crippen LogP contribution < -0.4 is 15.8 Å². The van der Waals surface area contributed by atoms with E-state index in [2.05, 4.69) is 5.32 Å². The number of nitrogens with two attached hydrogens (primary N) is 1. The van der Waals surface area contributed by atoms with Crippen LogP contribution in [0.25, 0.3) is 0 Å². The van der Waals surface area contributed by atoms with E-state index in [1.807, 2.05) is 38.1 Å². The topological polar surface area (TPSA) is 64.3 Å². The Morgan fingerprint density at radius 2 is 2.14 bits per heavy atom. The summed E-state index contributed by atoms with van der Waals surface area (Å²) in [4.78, 5) is 12.2. The molecule has 0 heterocycles. The number of amides is 1. The molecule has 2 unspecified atom stereocenters. The van der Waals surface area contributed by atoms with Gasteiger partial charge in [-0.2, -0.15) is 0 Å². The maximum Gasteiger partial charge on any atom is 0.225 e. The lowest BCUT2D eigenvalue weighted by molar-refractivity contribution is -0.128. The molecule has 0 spiro atoms. The summed E-state index contributed by atoms with van der Waals surface area (Å²) in [5.74, 6) is 0.853. The number of nitrogens with one attached hydrogen (secondary N) is 1. The summed E-state index contributed by atoms with van der Waals surface area (Å²) >= 11 is 0. The molecular weight excluding hydrogens is 300 g/mol. The third-order valence-electron chi connectivity index (χ3n) is 4.32. The Kier molecular flexibility index (Phi) is 7.17. The number of rotatable bonds is 5. The average molecular weight is 327 g/mol. The first kappa shape index (κ1) is 18.8. The molecule has 22 heavy (non-hydrogen) atoms. The summed E-state index contributed by atoms with van der Waals surface area (Å²) in [6.45, 7) is 4.99. The molecule has 3 N–H and O–H groups in total. The Bertz CT molecular complexity index is 491. The van der Waals surface area contributed by atoms with Crippen molar-refractivity contribution in [3.63, 3.8) is 0 Å². The second-order valence-corrected chi connectivity index (χ2v) is 6.21. The molecule has 1 saturated carbocycles. The second kappa shape index (κ2) is 8.39. The maximum absolute atomic E-state index is 12.2. The molecule has 1 aliphatic carbocycles. The fraction of sp³-hybridized carbons (Fsp3) is 0.588. The zero-order valence-corrected chi connectivity index (χ0v) is 14.2. The Morgan fingerprint density at radius 1 is 1.41 bits per heavy atom. The van der Waals surface area contributed by atoms with Crippen molar-refractivity contribution in [3.05, 3.63) is 29.8 Å². The van der Waals surface area contributed by atoms with E-state index in [1.165, 1.54) is 0 Å². The minimum Gasteiger partial charge on any atom is -0.491 e. The summed E-state index contributed by atoms with van der Waals surface area (Å²) in [7, 11) is 0. The molecule has 0 aliphatic heterocycles. The third kappa shape index (κ3) is 4.89.